The maximum atomic E-state index is 13.0. The van der Waals surface area contributed by atoms with E-state index in [1.165, 1.54) is 29.2 Å². The van der Waals surface area contributed by atoms with E-state index in [9.17, 15) is 22.4 Å². The van der Waals surface area contributed by atoms with Gasteiger partial charge in [-0.2, -0.15) is 0 Å². The van der Waals surface area contributed by atoms with E-state index in [1.807, 2.05) is 0 Å². The number of halogens is 1. The molecule has 0 aliphatic carbocycles. The Labute approximate surface area is 152 Å². The van der Waals surface area contributed by atoms with Gasteiger partial charge in [-0.25, -0.2) is 12.8 Å². The van der Waals surface area contributed by atoms with Crippen molar-refractivity contribution < 1.29 is 22.4 Å². The van der Waals surface area contributed by atoms with Gasteiger partial charge in [-0.05, 0) is 50.1 Å². The molecule has 1 aliphatic rings. The van der Waals surface area contributed by atoms with E-state index >= 15 is 0 Å². The van der Waals surface area contributed by atoms with Crippen molar-refractivity contribution in [2.45, 2.75) is 25.3 Å². The van der Waals surface area contributed by atoms with Crippen molar-refractivity contribution >= 4 is 21.7 Å². The van der Waals surface area contributed by atoms with Crippen molar-refractivity contribution in [1.82, 2.24) is 10.2 Å². The number of sulfone groups is 1. The molecule has 144 valence electrons. The number of hydrogen-bond donors (Lipinski definition) is 2. The van der Waals surface area contributed by atoms with Crippen molar-refractivity contribution in [3.63, 3.8) is 0 Å². The predicted molar refractivity (Wildman–Crippen MR) is 95.8 cm³/mol. The molecule has 7 nitrogen and oxygen atoms in total. The molecule has 1 atom stereocenters. The molecule has 1 fully saturated rings. The Bertz CT molecular complexity index is 723. The number of nitrogens with zero attached hydrogens (tertiary/aromatic N) is 1. The summed E-state index contributed by atoms with van der Waals surface area (Å²) in [6.45, 7) is 0.733. The Hall–Kier alpha value is -2.00. The first-order valence-corrected chi connectivity index (χ1v) is 10.4. The molecule has 0 aromatic heterocycles. The van der Waals surface area contributed by atoms with Gasteiger partial charge < -0.3 is 16.0 Å². The lowest BCUT2D eigenvalue weighted by Gasteiger charge is -2.30. The SMILES string of the molecule is NCCCC[C@H](NC(=O)c1ccc(F)cc1)C(=O)N1CCS(=O)(=O)CC1. The predicted octanol–water partition coefficient (Wildman–Crippen LogP) is 0.310. The number of rotatable bonds is 7. The van der Waals surface area contributed by atoms with Crippen molar-refractivity contribution in [2.75, 3.05) is 31.1 Å². The number of carbonyl (C=O) groups is 2. The number of amides is 2. The molecule has 2 rings (SSSR count). The Kier molecular flexibility index (Phi) is 7.10. The lowest BCUT2D eigenvalue weighted by Crippen LogP contribution is -2.52. The Morgan fingerprint density at radius 3 is 2.35 bits per heavy atom. The maximum Gasteiger partial charge on any atom is 0.251 e. The fraction of sp³-hybridized carbons (Fsp3) is 0.529. The van der Waals surface area contributed by atoms with Gasteiger partial charge in [0.05, 0.1) is 11.5 Å². The van der Waals surface area contributed by atoms with E-state index < -0.39 is 27.6 Å². The number of unbranched alkanes of at least 4 members (excludes halogenated alkanes) is 1. The zero-order valence-electron chi connectivity index (χ0n) is 14.5. The van der Waals surface area contributed by atoms with Gasteiger partial charge >= 0.3 is 0 Å². The van der Waals surface area contributed by atoms with E-state index in [1.54, 1.807) is 0 Å². The summed E-state index contributed by atoms with van der Waals surface area (Å²) in [5.41, 5.74) is 5.74. The van der Waals surface area contributed by atoms with Crippen LogP contribution < -0.4 is 11.1 Å². The molecule has 26 heavy (non-hydrogen) atoms. The summed E-state index contributed by atoms with van der Waals surface area (Å²) in [5, 5.41) is 2.69. The molecule has 1 aromatic carbocycles. The molecule has 0 unspecified atom stereocenters. The van der Waals surface area contributed by atoms with Crippen molar-refractivity contribution in [3.05, 3.63) is 35.6 Å². The van der Waals surface area contributed by atoms with Gasteiger partial charge in [0.25, 0.3) is 5.91 Å². The highest BCUT2D eigenvalue weighted by molar-refractivity contribution is 7.91. The summed E-state index contributed by atoms with van der Waals surface area (Å²) in [6, 6.07) is 4.28. The number of hydrogen-bond acceptors (Lipinski definition) is 5. The first-order chi connectivity index (χ1) is 12.3. The van der Waals surface area contributed by atoms with Crippen LogP contribution in [-0.4, -0.2) is 62.3 Å². The van der Waals surface area contributed by atoms with Gasteiger partial charge in [-0.15, -0.1) is 0 Å². The lowest BCUT2D eigenvalue weighted by molar-refractivity contribution is -0.133. The first-order valence-electron chi connectivity index (χ1n) is 8.58. The van der Waals surface area contributed by atoms with Gasteiger partial charge in [-0.3, -0.25) is 9.59 Å². The molecule has 3 N–H and O–H groups in total. The fourth-order valence-electron chi connectivity index (χ4n) is 2.75. The fourth-order valence-corrected chi connectivity index (χ4v) is 3.95. The van der Waals surface area contributed by atoms with Crippen molar-refractivity contribution in [3.8, 4) is 0 Å². The second kappa shape index (κ2) is 9.09. The summed E-state index contributed by atoms with van der Waals surface area (Å²) in [6.07, 6.45) is 1.78. The highest BCUT2D eigenvalue weighted by Gasteiger charge is 2.30. The minimum atomic E-state index is -3.10. The molecule has 9 heteroatoms. The van der Waals surface area contributed by atoms with Crippen molar-refractivity contribution in [1.29, 1.82) is 0 Å². The van der Waals surface area contributed by atoms with Crippen LogP contribution in [0.5, 0.6) is 0 Å². The van der Waals surface area contributed by atoms with Gasteiger partial charge in [-0.1, -0.05) is 0 Å². The Morgan fingerprint density at radius 2 is 1.77 bits per heavy atom. The second-order valence-electron chi connectivity index (χ2n) is 6.29. The molecule has 1 aromatic rings. The van der Waals surface area contributed by atoms with Crippen LogP contribution in [0, 0.1) is 5.82 Å². The normalized spacial score (nSPS) is 17.5. The summed E-state index contributed by atoms with van der Waals surface area (Å²) in [5.74, 6) is -1.36. The molecule has 1 saturated heterocycles. The van der Waals surface area contributed by atoms with Gasteiger partial charge in [0.1, 0.15) is 11.9 Å². The van der Waals surface area contributed by atoms with Gasteiger partial charge in [0.2, 0.25) is 5.91 Å². The van der Waals surface area contributed by atoms with E-state index in [4.69, 9.17) is 5.73 Å². The highest BCUT2D eigenvalue weighted by atomic mass is 32.2. The molecule has 0 saturated carbocycles. The van der Waals surface area contributed by atoms with Crippen LogP contribution in [0.1, 0.15) is 29.6 Å². The lowest BCUT2D eigenvalue weighted by atomic mass is 10.1. The average Bonchev–Trinajstić information content (AvgIpc) is 2.61. The minimum Gasteiger partial charge on any atom is -0.340 e. The number of benzene rings is 1. The van der Waals surface area contributed by atoms with E-state index in [2.05, 4.69) is 5.32 Å². The maximum absolute atomic E-state index is 13.0. The molecule has 0 bridgehead atoms. The Morgan fingerprint density at radius 1 is 1.15 bits per heavy atom. The monoisotopic (exact) mass is 385 g/mol. The highest BCUT2D eigenvalue weighted by Crippen LogP contribution is 2.11. The molecular weight excluding hydrogens is 361 g/mol. The third-order valence-corrected chi connectivity index (χ3v) is 5.92. The van der Waals surface area contributed by atoms with Crippen LogP contribution in [-0.2, 0) is 14.6 Å². The average molecular weight is 385 g/mol. The first kappa shape index (κ1) is 20.3. The topological polar surface area (TPSA) is 110 Å². The largest absolute Gasteiger partial charge is 0.340 e. The van der Waals surface area contributed by atoms with E-state index in [0.717, 1.165) is 0 Å². The van der Waals surface area contributed by atoms with E-state index in [-0.39, 0.29) is 36.1 Å². The van der Waals surface area contributed by atoms with Crippen LogP contribution in [0.25, 0.3) is 0 Å². The van der Waals surface area contributed by atoms with Crippen LogP contribution in [0.4, 0.5) is 4.39 Å². The van der Waals surface area contributed by atoms with Crippen LogP contribution in [0.3, 0.4) is 0 Å². The summed E-state index contributed by atoms with van der Waals surface area (Å²) < 4.78 is 36.1. The number of nitrogens with one attached hydrogen (secondary N) is 1. The molecule has 1 aliphatic heterocycles. The third-order valence-electron chi connectivity index (χ3n) is 4.31. The summed E-state index contributed by atoms with van der Waals surface area (Å²) >= 11 is 0. The summed E-state index contributed by atoms with van der Waals surface area (Å²) in [4.78, 5) is 26.6. The third kappa shape index (κ3) is 5.77. The second-order valence-corrected chi connectivity index (χ2v) is 8.60. The van der Waals surface area contributed by atoms with Gasteiger partial charge in [0.15, 0.2) is 9.84 Å². The quantitative estimate of drug-likeness (QED) is 0.657. The van der Waals surface area contributed by atoms with Crippen LogP contribution in [0.15, 0.2) is 24.3 Å². The number of nitrogens with two attached hydrogens (primary N) is 1. The Balaban J connectivity index is 2.05. The van der Waals surface area contributed by atoms with Crippen LogP contribution >= 0.6 is 0 Å². The zero-order valence-corrected chi connectivity index (χ0v) is 15.3. The van der Waals surface area contributed by atoms with Gasteiger partial charge in [0, 0.05) is 18.7 Å². The number of carbonyl (C=O) groups excluding carboxylic acids is 2. The standard InChI is InChI=1S/C17H24FN3O4S/c18-14-6-4-13(5-7-14)16(22)20-15(3-1-2-8-19)17(23)21-9-11-26(24,25)12-10-21/h4-7,15H,1-3,8-12,19H2,(H,20,22)/t15-/m0/s1. The smallest absolute Gasteiger partial charge is 0.251 e. The van der Waals surface area contributed by atoms with E-state index in [0.29, 0.717) is 25.8 Å². The zero-order chi connectivity index (χ0) is 19.2. The molecule has 1 heterocycles. The van der Waals surface area contributed by atoms with Crippen LogP contribution in [0.2, 0.25) is 0 Å². The molecule has 0 spiro atoms. The summed E-state index contributed by atoms with van der Waals surface area (Å²) in [7, 11) is -3.10. The molecule has 2 amide bonds. The molecular formula is C17H24FN3O4S. The minimum absolute atomic E-state index is 0.0693. The van der Waals surface area contributed by atoms with Crippen molar-refractivity contribution in [2.24, 2.45) is 5.73 Å². The molecule has 0 radical (unpaired) electrons.